The zero-order chi connectivity index (χ0) is 19.4. The highest BCUT2D eigenvalue weighted by molar-refractivity contribution is 7.89. The fourth-order valence-electron chi connectivity index (χ4n) is 2.82. The Labute approximate surface area is 155 Å². The van der Waals surface area contributed by atoms with Crippen molar-refractivity contribution < 1.29 is 32.2 Å². The van der Waals surface area contributed by atoms with Crippen molar-refractivity contribution in [3.63, 3.8) is 0 Å². The van der Waals surface area contributed by atoms with Crippen LogP contribution in [0.15, 0.2) is 47.4 Å². The van der Waals surface area contributed by atoms with Gasteiger partial charge in [0.2, 0.25) is 10.0 Å². The number of fused-ring (bicyclic) bond motifs is 1. The Morgan fingerprint density at radius 2 is 2.11 bits per heavy atom. The summed E-state index contributed by atoms with van der Waals surface area (Å²) in [4.78, 5) is 10.5. The molecule has 2 aromatic rings. The normalized spacial score (nSPS) is 16.3. The highest BCUT2D eigenvalue weighted by atomic mass is 32.2. The molecule has 1 aliphatic rings. The molecule has 3 rings (SSSR count). The summed E-state index contributed by atoms with van der Waals surface area (Å²) in [7, 11) is -3.83. The Morgan fingerprint density at radius 1 is 1.30 bits per heavy atom. The third kappa shape index (κ3) is 4.75. The van der Waals surface area contributed by atoms with E-state index in [1.165, 1.54) is 18.2 Å². The number of hydrogen-bond donors (Lipinski definition) is 2. The van der Waals surface area contributed by atoms with Crippen LogP contribution in [0.2, 0.25) is 0 Å². The second-order valence-corrected chi connectivity index (χ2v) is 7.79. The SMILES string of the molecule is O=C(O)COc1ccc2c(c1)OCCC2CNS(=O)(=O)c1cccc(F)c1. The zero-order valence-corrected chi connectivity index (χ0v) is 15.0. The lowest BCUT2D eigenvalue weighted by atomic mass is 9.93. The second kappa shape index (κ2) is 7.93. The van der Waals surface area contributed by atoms with Gasteiger partial charge in [-0.25, -0.2) is 22.3 Å². The molecule has 0 amide bonds. The van der Waals surface area contributed by atoms with E-state index in [0.29, 0.717) is 24.5 Å². The molecule has 0 aliphatic carbocycles. The van der Waals surface area contributed by atoms with E-state index in [1.807, 2.05) is 0 Å². The molecule has 1 heterocycles. The first kappa shape index (κ1) is 19.1. The van der Waals surface area contributed by atoms with Gasteiger partial charge >= 0.3 is 5.97 Å². The number of carboxylic acids is 1. The minimum absolute atomic E-state index is 0.130. The van der Waals surface area contributed by atoms with Crippen LogP contribution in [-0.2, 0) is 14.8 Å². The Kier molecular flexibility index (Phi) is 5.62. The van der Waals surface area contributed by atoms with Crippen LogP contribution in [0.1, 0.15) is 17.9 Å². The largest absolute Gasteiger partial charge is 0.493 e. The number of carbonyl (C=O) groups is 1. The first-order valence-electron chi connectivity index (χ1n) is 8.22. The van der Waals surface area contributed by atoms with Crippen LogP contribution >= 0.6 is 0 Å². The number of sulfonamides is 1. The summed E-state index contributed by atoms with van der Waals surface area (Å²) >= 11 is 0. The maximum absolute atomic E-state index is 13.3. The molecule has 0 aromatic heterocycles. The molecule has 0 fully saturated rings. The summed E-state index contributed by atoms with van der Waals surface area (Å²) < 4.78 is 51.2. The molecule has 144 valence electrons. The lowest BCUT2D eigenvalue weighted by Crippen LogP contribution is -2.31. The van der Waals surface area contributed by atoms with Gasteiger partial charge in [-0.2, -0.15) is 0 Å². The summed E-state index contributed by atoms with van der Waals surface area (Å²) in [6.45, 7) is 0.0575. The van der Waals surface area contributed by atoms with E-state index in [0.717, 1.165) is 11.6 Å². The highest BCUT2D eigenvalue weighted by Gasteiger charge is 2.24. The minimum atomic E-state index is -3.83. The molecule has 1 atom stereocenters. The topological polar surface area (TPSA) is 102 Å². The van der Waals surface area contributed by atoms with Crippen LogP contribution in [0.5, 0.6) is 11.5 Å². The number of nitrogens with one attached hydrogen (secondary N) is 1. The number of ether oxygens (including phenoxy) is 2. The summed E-state index contributed by atoms with van der Waals surface area (Å²) in [5.41, 5.74) is 0.797. The van der Waals surface area contributed by atoms with E-state index in [4.69, 9.17) is 14.6 Å². The van der Waals surface area contributed by atoms with Crippen LogP contribution in [0.25, 0.3) is 0 Å². The van der Waals surface area contributed by atoms with E-state index in [2.05, 4.69) is 4.72 Å². The van der Waals surface area contributed by atoms with Gasteiger partial charge in [0.25, 0.3) is 0 Å². The van der Waals surface area contributed by atoms with Gasteiger partial charge in [0.1, 0.15) is 17.3 Å². The van der Waals surface area contributed by atoms with Crippen molar-refractivity contribution in [1.29, 1.82) is 0 Å². The van der Waals surface area contributed by atoms with Gasteiger partial charge in [0.05, 0.1) is 11.5 Å². The average molecular weight is 395 g/mol. The van der Waals surface area contributed by atoms with Gasteiger partial charge in [-0.1, -0.05) is 12.1 Å². The molecule has 2 aromatic carbocycles. The van der Waals surface area contributed by atoms with Crippen LogP contribution in [0.4, 0.5) is 4.39 Å². The Bertz CT molecular complexity index is 947. The van der Waals surface area contributed by atoms with Crippen molar-refractivity contribution in [2.24, 2.45) is 0 Å². The van der Waals surface area contributed by atoms with Crippen molar-refractivity contribution in [1.82, 2.24) is 4.72 Å². The van der Waals surface area contributed by atoms with Gasteiger partial charge in [-0.3, -0.25) is 0 Å². The molecule has 2 N–H and O–H groups in total. The van der Waals surface area contributed by atoms with Crippen molar-refractivity contribution in [2.75, 3.05) is 19.8 Å². The maximum Gasteiger partial charge on any atom is 0.341 e. The third-order valence-corrected chi connectivity index (χ3v) is 5.56. The Hall–Kier alpha value is -2.65. The predicted octanol–water partition coefficient (Wildman–Crippen LogP) is 2.13. The molecule has 0 bridgehead atoms. The average Bonchev–Trinajstić information content (AvgIpc) is 2.64. The molecular weight excluding hydrogens is 377 g/mol. The molecule has 0 radical (unpaired) electrons. The molecule has 0 saturated heterocycles. The molecule has 0 spiro atoms. The Balaban J connectivity index is 1.71. The maximum atomic E-state index is 13.3. The van der Waals surface area contributed by atoms with Gasteiger partial charge in [0.15, 0.2) is 6.61 Å². The highest BCUT2D eigenvalue weighted by Crippen LogP contribution is 2.36. The van der Waals surface area contributed by atoms with E-state index in [1.54, 1.807) is 18.2 Å². The number of halogens is 1. The summed E-state index contributed by atoms with van der Waals surface area (Å²) in [5.74, 6) is -0.955. The first-order chi connectivity index (χ1) is 12.8. The van der Waals surface area contributed by atoms with Crippen molar-refractivity contribution in [3.8, 4) is 11.5 Å². The Morgan fingerprint density at radius 3 is 2.85 bits per heavy atom. The summed E-state index contributed by atoms with van der Waals surface area (Å²) in [6, 6.07) is 9.74. The lowest BCUT2D eigenvalue weighted by molar-refractivity contribution is -0.139. The summed E-state index contributed by atoms with van der Waals surface area (Å²) in [5, 5.41) is 8.67. The van der Waals surface area contributed by atoms with E-state index in [-0.39, 0.29) is 17.4 Å². The fraction of sp³-hybridized carbons (Fsp3) is 0.278. The molecule has 7 nitrogen and oxygen atoms in total. The first-order valence-corrected chi connectivity index (χ1v) is 9.70. The number of rotatable bonds is 7. The smallest absolute Gasteiger partial charge is 0.341 e. The molecule has 1 aliphatic heterocycles. The van der Waals surface area contributed by atoms with E-state index >= 15 is 0 Å². The second-order valence-electron chi connectivity index (χ2n) is 6.03. The number of carboxylic acid groups (broad SMARTS) is 1. The molecular formula is C18H18FNO6S. The fourth-order valence-corrected chi connectivity index (χ4v) is 3.93. The molecule has 1 unspecified atom stereocenters. The quantitative estimate of drug-likeness (QED) is 0.745. The van der Waals surface area contributed by atoms with Crippen LogP contribution in [0, 0.1) is 5.82 Å². The van der Waals surface area contributed by atoms with Crippen molar-refractivity contribution >= 4 is 16.0 Å². The van der Waals surface area contributed by atoms with Gasteiger partial charge in [-0.15, -0.1) is 0 Å². The monoisotopic (exact) mass is 395 g/mol. The third-order valence-electron chi connectivity index (χ3n) is 4.14. The number of benzene rings is 2. The molecule has 0 saturated carbocycles. The molecule has 27 heavy (non-hydrogen) atoms. The van der Waals surface area contributed by atoms with E-state index in [9.17, 15) is 17.6 Å². The predicted molar refractivity (Wildman–Crippen MR) is 94.0 cm³/mol. The zero-order valence-electron chi connectivity index (χ0n) is 14.2. The minimum Gasteiger partial charge on any atom is -0.493 e. The van der Waals surface area contributed by atoms with Gasteiger partial charge in [-0.05, 0) is 36.2 Å². The van der Waals surface area contributed by atoms with Gasteiger partial charge < -0.3 is 14.6 Å². The molecule has 9 heteroatoms. The summed E-state index contributed by atoms with van der Waals surface area (Å²) in [6.07, 6.45) is 0.605. The number of aliphatic carboxylic acids is 1. The van der Waals surface area contributed by atoms with Gasteiger partial charge in [0, 0.05) is 18.5 Å². The standard InChI is InChI=1S/C18H18FNO6S/c19-13-2-1-3-15(8-13)27(23,24)20-10-12-6-7-25-17-9-14(4-5-16(12)17)26-11-18(21)22/h1-5,8-9,12,20H,6-7,10-11H2,(H,21,22). The van der Waals surface area contributed by atoms with Crippen molar-refractivity contribution in [3.05, 3.63) is 53.8 Å². The number of hydrogen-bond acceptors (Lipinski definition) is 5. The van der Waals surface area contributed by atoms with E-state index < -0.39 is 28.4 Å². The van der Waals surface area contributed by atoms with Crippen molar-refractivity contribution in [2.45, 2.75) is 17.2 Å². The van der Waals surface area contributed by atoms with Crippen LogP contribution < -0.4 is 14.2 Å². The lowest BCUT2D eigenvalue weighted by Gasteiger charge is -2.26. The van der Waals surface area contributed by atoms with Crippen LogP contribution in [-0.4, -0.2) is 39.3 Å². The van der Waals surface area contributed by atoms with Crippen LogP contribution in [0.3, 0.4) is 0 Å².